The van der Waals surface area contributed by atoms with Gasteiger partial charge in [-0.05, 0) is 42.9 Å². The van der Waals surface area contributed by atoms with Gasteiger partial charge in [0.05, 0.1) is 4.90 Å². The maximum absolute atomic E-state index is 12.7. The number of sulfonamides is 1. The van der Waals surface area contributed by atoms with E-state index in [2.05, 4.69) is 15.9 Å². The summed E-state index contributed by atoms with van der Waals surface area (Å²) in [5, 5.41) is 0. The minimum Gasteiger partial charge on any atom is -0.207 e. The standard InChI is InChI=1S/C15H20BrNO2S/c16-14-6-3-7-15(10-14)20(18,19)17-9-8-12-4-1-2-5-13(12)11-17/h3,6-7,10,12-13H,1-2,4-5,8-9,11H2/t12-,13-/m1/s1. The van der Waals surface area contributed by atoms with Crippen LogP contribution in [0.25, 0.3) is 0 Å². The summed E-state index contributed by atoms with van der Waals surface area (Å²) in [6.07, 6.45) is 6.08. The van der Waals surface area contributed by atoms with Crippen LogP contribution >= 0.6 is 15.9 Å². The molecule has 3 rings (SSSR count). The summed E-state index contributed by atoms with van der Waals surface area (Å²) < 4.78 is 27.9. The molecule has 1 saturated carbocycles. The highest BCUT2D eigenvalue weighted by atomic mass is 79.9. The van der Waals surface area contributed by atoms with Gasteiger partial charge >= 0.3 is 0 Å². The van der Waals surface area contributed by atoms with Crippen molar-refractivity contribution in [3.63, 3.8) is 0 Å². The maximum atomic E-state index is 12.7. The SMILES string of the molecule is O=S(=O)(c1cccc(Br)c1)N1CC[C@H]2CCCC[C@@H]2C1. The summed E-state index contributed by atoms with van der Waals surface area (Å²) in [5.74, 6) is 1.32. The molecule has 0 aromatic heterocycles. The summed E-state index contributed by atoms with van der Waals surface area (Å²) in [6, 6.07) is 7.02. The van der Waals surface area contributed by atoms with E-state index in [9.17, 15) is 8.42 Å². The Hall–Kier alpha value is -0.390. The predicted octanol–water partition coefficient (Wildman–Crippen LogP) is 3.65. The highest BCUT2D eigenvalue weighted by Gasteiger charge is 2.36. The van der Waals surface area contributed by atoms with E-state index in [1.54, 1.807) is 22.5 Å². The van der Waals surface area contributed by atoms with Crippen molar-refractivity contribution in [2.75, 3.05) is 13.1 Å². The summed E-state index contributed by atoms with van der Waals surface area (Å²) >= 11 is 3.35. The molecule has 20 heavy (non-hydrogen) atoms. The van der Waals surface area contributed by atoms with E-state index in [1.807, 2.05) is 6.07 Å². The highest BCUT2D eigenvalue weighted by Crippen LogP contribution is 2.37. The van der Waals surface area contributed by atoms with Crippen LogP contribution < -0.4 is 0 Å². The van der Waals surface area contributed by atoms with E-state index < -0.39 is 10.0 Å². The Balaban J connectivity index is 1.81. The van der Waals surface area contributed by atoms with Crippen molar-refractivity contribution in [2.45, 2.75) is 37.0 Å². The molecule has 2 aliphatic rings. The zero-order valence-corrected chi connectivity index (χ0v) is 13.9. The molecule has 0 spiro atoms. The molecule has 5 heteroatoms. The van der Waals surface area contributed by atoms with Crippen LogP contribution in [0, 0.1) is 11.8 Å². The van der Waals surface area contributed by atoms with Crippen LogP contribution in [0.1, 0.15) is 32.1 Å². The van der Waals surface area contributed by atoms with Crippen molar-refractivity contribution in [3.05, 3.63) is 28.7 Å². The molecule has 3 nitrogen and oxygen atoms in total. The number of piperidine rings is 1. The number of nitrogens with zero attached hydrogens (tertiary/aromatic N) is 1. The Morgan fingerprint density at radius 1 is 1.10 bits per heavy atom. The third kappa shape index (κ3) is 2.81. The summed E-state index contributed by atoms with van der Waals surface area (Å²) in [4.78, 5) is 0.404. The number of benzene rings is 1. The number of halogens is 1. The lowest BCUT2D eigenvalue weighted by Gasteiger charge is -2.40. The van der Waals surface area contributed by atoms with Crippen molar-refractivity contribution in [2.24, 2.45) is 11.8 Å². The molecule has 110 valence electrons. The second-order valence-electron chi connectivity index (χ2n) is 5.91. The number of fused-ring (bicyclic) bond motifs is 1. The van der Waals surface area contributed by atoms with Crippen LogP contribution in [0.2, 0.25) is 0 Å². The quantitative estimate of drug-likeness (QED) is 0.809. The average Bonchev–Trinajstić information content (AvgIpc) is 2.46. The van der Waals surface area contributed by atoms with Crippen molar-refractivity contribution in [1.82, 2.24) is 4.31 Å². The normalized spacial score (nSPS) is 28.1. The van der Waals surface area contributed by atoms with E-state index in [1.165, 1.54) is 25.7 Å². The van der Waals surface area contributed by atoms with Crippen LogP contribution in [-0.4, -0.2) is 25.8 Å². The molecule has 1 aromatic rings. The molecule has 0 bridgehead atoms. The second-order valence-corrected chi connectivity index (χ2v) is 8.77. The van der Waals surface area contributed by atoms with Crippen molar-refractivity contribution in [3.8, 4) is 0 Å². The van der Waals surface area contributed by atoms with Gasteiger partial charge in [0, 0.05) is 17.6 Å². The molecule has 1 saturated heterocycles. The lowest BCUT2D eigenvalue weighted by Crippen LogP contribution is -2.44. The molecule has 0 radical (unpaired) electrons. The minimum atomic E-state index is -3.33. The molecule has 2 atom stereocenters. The first kappa shape index (κ1) is 14.5. The van der Waals surface area contributed by atoms with Gasteiger partial charge < -0.3 is 0 Å². The molecular weight excluding hydrogens is 338 g/mol. The van der Waals surface area contributed by atoms with Crippen LogP contribution in [0.15, 0.2) is 33.6 Å². The summed E-state index contributed by atoms with van der Waals surface area (Å²) in [7, 11) is -3.33. The van der Waals surface area contributed by atoms with Gasteiger partial charge in [-0.15, -0.1) is 0 Å². The third-order valence-corrected chi connectivity index (χ3v) is 7.04. The lowest BCUT2D eigenvalue weighted by molar-refractivity contribution is 0.136. The van der Waals surface area contributed by atoms with Gasteiger partial charge in [-0.2, -0.15) is 4.31 Å². The Kier molecular flexibility index (Phi) is 4.20. The molecule has 0 amide bonds. The van der Waals surface area contributed by atoms with Crippen LogP contribution in [-0.2, 0) is 10.0 Å². The molecule has 1 heterocycles. The van der Waals surface area contributed by atoms with E-state index in [-0.39, 0.29) is 0 Å². The fourth-order valence-corrected chi connectivity index (χ4v) is 5.67. The van der Waals surface area contributed by atoms with Gasteiger partial charge in [0.15, 0.2) is 0 Å². The number of hydrogen-bond donors (Lipinski definition) is 0. The van der Waals surface area contributed by atoms with Gasteiger partial charge in [0.25, 0.3) is 0 Å². The molecule has 0 N–H and O–H groups in total. The molecule has 1 aliphatic heterocycles. The van der Waals surface area contributed by atoms with E-state index in [0.717, 1.165) is 16.8 Å². The Morgan fingerprint density at radius 2 is 1.85 bits per heavy atom. The van der Waals surface area contributed by atoms with Crippen molar-refractivity contribution < 1.29 is 8.42 Å². The van der Waals surface area contributed by atoms with E-state index >= 15 is 0 Å². The van der Waals surface area contributed by atoms with Gasteiger partial charge in [-0.3, -0.25) is 0 Å². The fourth-order valence-electron chi connectivity index (χ4n) is 3.56. The van der Waals surface area contributed by atoms with Crippen LogP contribution in [0.5, 0.6) is 0 Å². The van der Waals surface area contributed by atoms with Crippen molar-refractivity contribution >= 4 is 26.0 Å². The summed E-state index contributed by atoms with van der Waals surface area (Å²) in [5.41, 5.74) is 0. The van der Waals surface area contributed by atoms with Gasteiger partial charge in [0.2, 0.25) is 10.0 Å². The zero-order chi connectivity index (χ0) is 14.2. The molecular formula is C15H20BrNO2S. The largest absolute Gasteiger partial charge is 0.243 e. The Morgan fingerprint density at radius 3 is 2.60 bits per heavy atom. The Labute approximate surface area is 129 Å². The first-order valence-electron chi connectivity index (χ1n) is 7.33. The smallest absolute Gasteiger partial charge is 0.207 e. The molecule has 1 aromatic carbocycles. The molecule has 2 fully saturated rings. The first-order chi connectivity index (χ1) is 9.57. The summed E-state index contributed by atoms with van der Waals surface area (Å²) in [6.45, 7) is 1.38. The van der Waals surface area contributed by atoms with E-state index in [4.69, 9.17) is 0 Å². The average molecular weight is 358 g/mol. The van der Waals surface area contributed by atoms with Crippen molar-refractivity contribution in [1.29, 1.82) is 0 Å². The van der Waals surface area contributed by atoms with Gasteiger partial charge in [-0.25, -0.2) is 8.42 Å². The fraction of sp³-hybridized carbons (Fsp3) is 0.600. The van der Waals surface area contributed by atoms with Crippen LogP contribution in [0.3, 0.4) is 0 Å². The molecule has 0 unspecified atom stereocenters. The lowest BCUT2D eigenvalue weighted by atomic mass is 9.76. The van der Waals surface area contributed by atoms with Gasteiger partial charge in [0.1, 0.15) is 0 Å². The first-order valence-corrected chi connectivity index (χ1v) is 9.56. The van der Waals surface area contributed by atoms with Crippen LogP contribution in [0.4, 0.5) is 0 Å². The van der Waals surface area contributed by atoms with E-state index in [0.29, 0.717) is 23.9 Å². The zero-order valence-electron chi connectivity index (χ0n) is 11.5. The minimum absolute atomic E-state index is 0.404. The molecule has 1 aliphatic carbocycles. The maximum Gasteiger partial charge on any atom is 0.243 e. The third-order valence-electron chi connectivity index (χ3n) is 4.69. The predicted molar refractivity (Wildman–Crippen MR) is 83.0 cm³/mol. The van der Waals surface area contributed by atoms with Gasteiger partial charge in [-0.1, -0.05) is 41.3 Å². The Bertz CT molecular complexity index is 587. The number of rotatable bonds is 2. The highest BCUT2D eigenvalue weighted by molar-refractivity contribution is 9.10. The number of hydrogen-bond acceptors (Lipinski definition) is 2. The topological polar surface area (TPSA) is 37.4 Å². The second kappa shape index (κ2) is 5.78. The monoisotopic (exact) mass is 357 g/mol.